The van der Waals surface area contributed by atoms with Gasteiger partial charge in [-0.15, -0.1) is 0 Å². The first-order valence-electron chi connectivity index (χ1n) is 11.2. The van der Waals surface area contributed by atoms with Gasteiger partial charge in [0.1, 0.15) is 24.1 Å². The van der Waals surface area contributed by atoms with E-state index < -0.39 is 0 Å². The molecule has 0 radical (unpaired) electrons. The zero-order valence-corrected chi connectivity index (χ0v) is 19.0. The number of carbonyl (C=O) groups excluding carboxylic acids is 1. The van der Waals surface area contributed by atoms with E-state index in [0.29, 0.717) is 34.9 Å². The van der Waals surface area contributed by atoms with Crippen molar-refractivity contribution in [2.75, 3.05) is 5.32 Å². The van der Waals surface area contributed by atoms with Crippen LogP contribution in [0.25, 0.3) is 21.9 Å². The van der Waals surface area contributed by atoms with E-state index in [0.717, 1.165) is 22.9 Å². The predicted molar refractivity (Wildman–Crippen MR) is 129 cm³/mol. The Morgan fingerprint density at radius 2 is 1.97 bits per heavy atom. The molecule has 0 atom stereocenters. The van der Waals surface area contributed by atoms with E-state index in [2.05, 4.69) is 20.4 Å². The van der Waals surface area contributed by atoms with Crippen LogP contribution in [0.5, 0.6) is 0 Å². The summed E-state index contributed by atoms with van der Waals surface area (Å²) in [6.07, 6.45) is 3.10. The highest BCUT2D eigenvalue weighted by Gasteiger charge is 2.19. The van der Waals surface area contributed by atoms with E-state index in [4.69, 9.17) is 4.52 Å². The Bertz CT molecular complexity index is 1550. The molecule has 9 heteroatoms. The maximum atomic E-state index is 13.6. The number of aromatic nitrogens is 5. The molecule has 0 aliphatic carbocycles. The zero-order valence-electron chi connectivity index (χ0n) is 19.0. The van der Waals surface area contributed by atoms with Crippen LogP contribution in [0, 0.1) is 6.92 Å². The minimum Gasteiger partial charge on any atom is -0.337 e. The van der Waals surface area contributed by atoms with Gasteiger partial charge in [-0.2, -0.15) is 4.98 Å². The molecule has 0 fully saturated rings. The summed E-state index contributed by atoms with van der Waals surface area (Å²) in [4.78, 5) is 35.4. The molecule has 2 aromatic carbocycles. The summed E-state index contributed by atoms with van der Waals surface area (Å²) in [6.45, 7) is 4.09. The summed E-state index contributed by atoms with van der Waals surface area (Å²) in [5.74, 6) is 0.718. The lowest BCUT2D eigenvalue weighted by Gasteiger charge is -2.09. The lowest BCUT2D eigenvalue weighted by atomic mass is 10.1. The molecule has 0 unspecified atom stereocenters. The van der Waals surface area contributed by atoms with Crippen molar-refractivity contribution in [2.45, 2.75) is 39.8 Å². The number of para-hydroxylation sites is 1. The third-order valence-corrected chi connectivity index (χ3v) is 5.63. The van der Waals surface area contributed by atoms with Crippen molar-refractivity contribution in [1.82, 2.24) is 24.3 Å². The van der Waals surface area contributed by atoms with Crippen molar-refractivity contribution in [1.29, 1.82) is 0 Å². The van der Waals surface area contributed by atoms with Crippen LogP contribution in [0.15, 0.2) is 64.2 Å². The average molecular weight is 457 g/mol. The van der Waals surface area contributed by atoms with E-state index in [9.17, 15) is 9.59 Å². The molecule has 34 heavy (non-hydrogen) atoms. The second kappa shape index (κ2) is 8.93. The molecule has 0 spiro atoms. The molecule has 1 N–H and O–H groups in total. The van der Waals surface area contributed by atoms with Crippen LogP contribution in [0.3, 0.4) is 0 Å². The van der Waals surface area contributed by atoms with Crippen molar-refractivity contribution in [3.8, 4) is 0 Å². The highest BCUT2D eigenvalue weighted by atomic mass is 16.5. The third kappa shape index (κ3) is 4.07. The van der Waals surface area contributed by atoms with Crippen LogP contribution in [-0.4, -0.2) is 30.2 Å². The molecular formula is C25H24N6O3. The third-order valence-electron chi connectivity index (χ3n) is 5.63. The summed E-state index contributed by atoms with van der Waals surface area (Å²) < 4.78 is 8.46. The number of amides is 1. The van der Waals surface area contributed by atoms with Gasteiger partial charge in [0.2, 0.25) is 11.8 Å². The molecule has 0 saturated carbocycles. The van der Waals surface area contributed by atoms with Gasteiger partial charge in [0.05, 0.1) is 11.8 Å². The number of hydrogen-bond acceptors (Lipinski definition) is 6. The first-order valence-corrected chi connectivity index (χ1v) is 11.2. The number of carbonyl (C=O) groups is 1. The second-order valence-electron chi connectivity index (χ2n) is 8.25. The van der Waals surface area contributed by atoms with Crippen molar-refractivity contribution >= 4 is 33.5 Å². The van der Waals surface area contributed by atoms with E-state index in [1.807, 2.05) is 62.4 Å². The summed E-state index contributed by atoms with van der Waals surface area (Å²) in [7, 11) is 0. The molecule has 3 aromatic heterocycles. The van der Waals surface area contributed by atoms with Crippen molar-refractivity contribution in [3.05, 3.63) is 82.5 Å². The largest absolute Gasteiger partial charge is 0.337 e. The zero-order chi connectivity index (χ0) is 23.7. The Balaban J connectivity index is 1.57. The number of nitrogens with one attached hydrogen (secondary N) is 1. The number of fused-ring (bicyclic) bond motifs is 3. The van der Waals surface area contributed by atoms with Crippen molar-refractivity contribution < 1.29 is 9.32 Å². The molecule has 1 amide bonds. The van der Waals surface area contributed by atoms with Crippen LogP contribution >= 0.6 is 0 Å². The number of aryl methyl sites for hydroxylation is 2. The molecule has 0 saturated heterocycles. The molecule has 0 aliphatic rings. The number of anilines is 1. The van der Waals surface area contributed by atoms with Crippen LogP contribution in [-0.2, 0) is 24.3 Å². The van der Waals surface area contributed by atoms with Crippen molar-refractivity contribution in [2.24, 2.45) is 0 Å². The Morgan fingerprint density at radius 1 is 1.15 bits per heavy atom. The molecule has 172 valence electrons. The van der Waals surface area contributed by atoms with Crippen LogP contribution in [0.2, 0.25) is 0 Å². The number of benzene rings is 2. The Kier molecular flexibility index (Phi) is 5.67. The molecule has 3 heterocycles. The summed E-state index contributed by atoms with van der Waals surface area (Å²) >= 11 is 0. The monoisotopic (exact) mass is 456 g/mol. The maximum absolute atomic E-state index is 13.6. The molecule has 9 nitrogen and oxygen atoms in total. The lowest BCUT2D eigenvalue weighted by molar-refractivity contribution is -0.116. The molecule has 0 bridgehead atoms. The van der Waals surface area contributed by atoms with Crippen LogP contribution in [0.4, 0.5) is 5.69 Å². The van der Waals surface area contributed by atoms with Gasteiger partial charge in [0.25, 0.3) is 5.56 Å². The van der Waals surface area contributed by atoms with Gasteiger partial charge in [-0.3, -0.25) is 14.2 Å². The van der Waals surface area contributed by atoms with Gasteiger partial charge in [-0.05, 0) is 37.6 Å². The summed E-state index contributed by atoms with van der Waals surface area (Å²) in [5, 5.41) is 7.67. The van der Waals surface area contributed by atoms with E-state index in [1.54, 1.807) is 4.57 Å². The number of hydrogen-bond donors (Lipinski definition) is 1. The first kappa shape index (κ1) is 21.6. The van der Waals surface area contributed by atoms with Crippen LogP contribution < -0.4 is 10.9 Å². The normalized spacial score (nSPS) is 11.4. The quantitative estimate of drug-likeness (QED) is 0.400. The molecule has 5 rings (SSSR count). The fourth-order valence-corrected chi connectivity index (χ4v) is 4.08. The lowest BCUT2D eigenvalue weighted by Crippen LogP contribution is -2.25. The Morgan fingerprint density at radius 3 is 2.76 bits per heavy atom. The fourth-order valence-electron chi connectivity index (χ4n) is 4.08. The topological polar surface area (TPSA) is 108 Å². The van der Waals surface area contributed by atoms with Gasteiger partial charge < -0.3 is 14.4 Å². The fraction of sp³-hybridized carbons (Fsp3) is 0.240. The Labute approximate surface area is 195 Å². The SMILES string of the molecule is CCCc1noc(Cn2cnc3c4cc(C)ccc4n(CC(=O)Nc4ccccc4)c3c2=O)n1. The highest BCUT2D eigenvalue weighted by molar-refractivity contribution is 6.06. The minimum absolute atomic E-state index is 0.0277. The maximum Gasteiger partial charge on any atom is 0.278 e. The predicted octanol–water partition coefficient (Wildman–Crippen LogP) is 3.68. The minimum atomic E-state index is -0.276. The summed E-state index contributed by atoms with van der Waals surface area (Å²) in [5.41, 5.74) is 3.15. The van der Waals surface area contributed by atoms with Crippen LogP contribution in [0.1, 0.15) is 30.6 Å². The Hall–Kier alpha value is -4.27. The molecule has 0 aliphatic heterocycles. The standard InChI is InChI=1S/C25H24N6O3/c1-3-7-20-28-22(34-29-20)14-30-15-26-23-18-12-16(2)10-11-19(18)31(24(23)25(30)33)13-21(32)27-17-8-5-4-6-9-17/h4-6,8-12,15H,3,7,13-14H2,1-2H3,(H,27,32). The van der Waals surface area contributed by atoms with Gasteiger partial charge >= 0.3 is 0 Å². The number of nitrogens with zero attached hydrogens (tertiary/aromatic N) is 5. The number of rotatable bonds is 7. The highest BCUT2D eigenvalue weighted by Crippen LogP contribution is 2.26. The van der Waals surface area contributed by atoms with Gasteiger partial charge in [-0.1, -0.05) is 41.9 Å². The molecular weight excluding hydrogens is 432 g/mol. The van der Waals surface area contributed by atoms with Crippen molar-refractivity contribution in [3.63, 3.8) is 0 Å². The van der Waals surface area contributed by atoms with Gasteiger partial charge in [-0.25, -0.2) is 4.98 Å². The van der Waals surface area contributed by atoms with E-state index >= 15 is 0 Å². The molecule has 5 aromatic rings. The second-order valence-corrected chi connectivity index (χ2v) is 8.25. The van der Waals surface area contributed by atoms with Gasteiger partial charge in [0.15, 0.2) is 5.82 Å². The first-order chi connectivity index (χ1) is 16.5. The smallest absolute Gasteiger partial charge is 0.278 e. The average Bonchev–Trinajstić information content (AvgIpc) is 3.39. The van der Waals surface area contributed by atoms with Gasteiger partial charge in [0, 0.05) is 17.5 Å². The summed E-state index contributed by atoms with van der Waals surface area (Å²) in [6, 6.07) is 15.1. The van der Waals surface area contributed by atoms with E-state index in [1.165, 1.54) is 10.9 Å². The van der Waals surface area contributed by atoms with E-state index in [-0.39, 0.29) is 24.6 Å².